The van der Waals surface area contributed by atoms with Crippen LogP contribution in [0.4, 0.5) is 0 Å². The normalized spacial score (nSPS) is 17.1. The Kier molecular flexibility index (Phi) is 2.91. The molecule has 0 aromatic carbocycles. The third-order valence-electron chi connectivity index (χ3n) is 1.92. The lowest BCUT2D eigenvalue weighted by atomic mass is 10.3. The minimum atomic E-state index is 0.605. The molecular weight excluding hydrogens is 250 g/mol. The van der Waals surface area contributed by atoms with E-state index in [1.807, 2.05) is 6.20 Å². The molecule has 0 atom stereocenters. The molecule has 2 rings (SSSR count). The van der Waals surface area contributed by atoms with Crippen molar-refractivity contribution in [2.45, 2.75) is 17.2 Å². The summed E-state index contributed by atoms with van der Waals surface area (Å²) in [7, 11) is 0. The second kappa shape index (κ2) is 3.98. The molecule has 13 heavy (non-hydrogen) atoms. The maximum Gasteiger partial charge on any atom is 0.0967 e. The van der Waals surface area contributed by atoms with Crippen molar-refractivity contribution in [1.29, 1.82) is 0 Å². The van der Waals surface area contributed by atoms with Crippen LogP contribution in [0.2, 0.25) is 0 Å². The van der Waals surface area contributed by atoms with E-state index in [4.69, 9.17) is 4.74 Å². The van der Waals surface area contributed by atoms with E-state index in [0.717, 1.165) is 22.7 Å². The van der Waals surface area contributed by atoms with E-state index in [1.165, 1.54) is 5.56 Å². The maximum atomic E-state index is 5.10. The van der Waals surface area contributed by atoms with E-state index in [1.54, 1.807) is 11.8 Å². The highest BCUT2D eigenvalue weighted by atomic mass is 79.9. The van der Waals surface area contributed by atoms with Gasteiger partial charge in [-0.05, 0) is 34.5 Å². The van der Waals surface area contributed by atoms with Gasteiger partial charge in [0.1, 0.15) is 0 Å². The number of nitrogens with zero attached hydrogens (tertiary/aromatic N) is 1. The Hall–Kier alpha value is -0.0600. The number of hydrogen-bond donors (Lipinski definition) is 0. The molecule has 0 amide bonds. The first-order valence-electron chi connectivity index (χ1n) is 4.12. The van der Waals surface area contributed by atoms with Gasteiger partial charge in [0.2, 0.25) is 0 Å². The summed E-state index contributed by atoms with van der Waals surface area (Å²) in [5.74, 6) is 0. The zero-order valence-electron chi connectivity index (χ0n) is 7.29. The van der Waals surface area contributed by atoms with Gasteiger partial charge in [0, 0.05) is 10.7 Å². The first kappa shape index (κ1) is 9.49. The predicted molar refractivity (Wildman–Crippen MR) is 57.1 cm³/mol. The molecule has 0 unspecified atom stereocenters. The number of halogens is 1. The number of hydrogen-bond acceptors (Lipinski definition) is 3. The van der Waals surface area contributed by atoms with Gasteiger partial charge in [-0.15, -0.1) is 0 Å². The lowest BCUT2D eigenvalue weighted by Crippen LogP contribution is -2.30. The van der Waals surface area contributed by atoms with Crippen LogP contribution in [-0.4, -0.2) is 23.4 Å². The van der Waals surface area contributed by atoms with Crippen LogP contribution in [-0.2, 0) is 4.74 Å². The number of pyridine rings is 1. The highest BCUT2D eigenvalue weighted by Crippen LogP contribution is 2.28. The summed E-state index contributed by atoms with van der Waals surface area (Å²) >= 11 is 5.23. The van der Waals surface area contributed by atoms with Gasteiger partial charge in [0.15, 0.2) is 0 Å². The standard InChI is InChI=1S/C9H10BrNOS/c1-6-2-9(11-3-8(6)10)13-7-4-12-5-7/h2-3,7H,4-5H2,1H3. The maximum absolute atomic E-state index is 5.10. The van der Waals surface area contributed by atoms with Crippen molar-refractivity contribution < 1.29 is 4.74 Å². The lowest BCUT2D eigenvalue weighted by molar-refractivity contribution is 0.0454. The first-order valence-corrected chi connectivity index (χ1v) is 5.79. The molecule has 1 fully saturated rings. The summed E-state index contributed by atoms with van der Waals surface area (Å²) in [6, 6.07) is 2.10. The van der Waals surface area contributed by atoms with E-state index in [-0.39, 0.29) is 0 Å². The van der Waals surface area contributed by atoms with E-state index < -0.39 is 0 Å². The van der Waals surface area contributed by atoms with Crippen LogP contribution in [0.25, 0.3) is 0 Å². The Bertz CT molecular complexity index is 314. The molecule has 0 saturated carbocycles. The zero-order valence-corrected chi connectivity index (χ0v) is 9.69. The molecule has 1 aliphatic rings. The van der Waals surface area contributed by atoms with E-state index in [2.05, 4.69) is 33.9 Å². The van der Waals surface area contributed by atoms with Gasteiger partial charge in [-0.25, -0.2) is 4.98 Å². The second-order valence-electron chi connectivity index (χ2n) is 3.05. The first-order chi connectivity index (χ1) is 6.25. The Morgan fingerprint density at radius 3 is 2.92 bits per heavy atom. The van der Waals surface area contributed by atoms with Crippen molar-refractivity contribution in [1.82, 2.24) is 4.98 Å². The summed E-state index contributed by atoms with van der Waals surface area (Å²) in [6.45, 7) is 3.80. The van der Waals surface area contributed by atoms with Gasteiger partial charge in [-0.1, -0.05) is 11.8 Å². The molecule has 1 saturated heterocycles. The van der Waals surface area contributed by atoms with E-state index in [0.29, 0.717) is 5.25 Å². The molecule has 0 spiro atoms. The predicted octanol–water partition coefficient (Wildman–Crippen LogP) is 2.64. The van der Waals surface area contributed by atoms with Crippen LogP contribution in [0.5, 0.6) is 0 Å². The summed E-state index contributed by atoms with van der Waals surface area (Å²) < 4.78 is 6.17. The van der Waals surface area contributed by atoms with Crippen molar-refractivity contribution in [3.63, 3.8) is 0 Å². The van der Waals surface area contributed by atoms with E-state index in [9.17, 15) is 0 Å². The molecule has 1 aromatic rings. The topological polar surface area (TPSA) is 22.1 Å². The molecule has 70 valence electrons. The third kappa shape index (κ3) is 2.24. The number of rotatable bonds is 2. The van der Waals surface area contributed by atoms with Crippen molar-refractivity contribution in [3.8, 4) is 0 Å². The quantitative estimate of drug-likeness (QED) is 0.816. The van der Waals surface area contributed by atoms with Crippen molar-refractivity contribution in [2.75, 3.05) is 13.2 Å². The molecule has 2 heterocycles. The molecule has 0 radical (unpaired) electrons. The highest BCUT2D eigenvalue weighted by molar-refractivity contribution is 9.10. The lowest BCUT2D eigenvalue weighted by Gasteiger charge is -2.24. The van der Waals surface area contributed by atoms with Crippen LogP contribution in [0.15, 0.2) is 21.8 Å². The highest BCUT2D eigenvalue weighted by Gasteiger charge is 2.20. The average Bonchev–Trinajstić information content (AvgIpc) is 2.04. The minimum Gasteiger partial charge on any atom is -0.379 e. The third-order valence-corrected chi connectivity index (χ3v) is 3.82. The minimum absolute atomic E-state index is 0.605. The molecule has 2 nitrogen and oxygen atoms in total. The Morgan fingerprint density at radius 1 is 1.62 bits per heavy atom. The molecular formula is C9H10BrNOS. The number of ether oxygens (including phenoxy) is 1. The summed E-state index contributed by atoms with van der Waals surface area (Å²) in [5.41, 5.74) is 1.23. The molecule has 1 aliphatic heterocycles. The average molecular weight is 260 g/mol. The van der Waals surface area contributed by atoms with E-state index >= 15 is 0 Å². The van der Waals surface area contributed by atoms with Crippen LogP contribution in [0.1, 0.15) is 5.56 Å². The van der Waals surface area contributed by atoms with Crippen LogP contribution in [0.3, 0.4) is 0 Å². The molecule has 0 N–H and O–H groups in total. The fraction of sp³-hybridized carbons (Fsp3) is 0.444. The Morgan fingerprint density at radius 2 is 2.38 bits per heavy atom. The van der Waals surface area contributed by atoms with Crippen LogP contribution >= 0.6 is 27.7 Å². The molecule has 0 bridgehead atoms. The fourth-order valence-corrected chi connectivity index (χ4v) is 2.28. The van der Waals surface area contributed by atoms with Crippen LogP contribution < -0.4 is 0 Å². The van der Waals surface area contributed by atoms with Crippen molar-refractivity contribution in [2.24, 2.45) is 0 Å². The SMILES string of the molecule is Cc1cc(SC2COC2)ncc1Br. The molecule has 1 aromatic heterocycles. The van der Waals surface area contributed by atoms with Gasteiger partial charge in [-0.2, -0.15) is 0 Å². The summed E-state index contributed by atoms with van der Waals surface area (Å²) in [4.78, 5) is 4.32. The van der Waals surface area contributed by atoms with Crippen molar-refractivity contribution >= 4 is 27.7 Å². The fourth-order valence-electron chi connectivity index (χ4n) is 1.03. The molecule has 4 heteroatoms. The smallest absolute Gasteiger partial charge is 0.0967 e. The Balaban J connectivity index is 2.07. The van der Waals surface area contributed by atoms with Crippen LogP contribution in [0, 0.1) is 6.92 Å². The summed E-state index contributed by atoms with van der Waals surface area (Å²) in [5, 5.41) is 1.70. The number of thioether (sulfide) groups is 1. The van der Waals surface area contributed by atoms with Gasteiger partial charge < -0.3 is 4.74 Å². The number of aryl methyl sites for hydroxylation is 1. The van der Waals surface area contributed by atoms with Gasteiger partial charge >= 0.3 is 0 Å². The zero-order chi connectivity index (χ0) is 9.26. The number of aromatic nitrogens is 1. The van der Waals surface area contributed by atoms with Gasteiger partial charge in [-0.3, -0.25) is 0 Å². The van der Waals surface area contributed by atoms with Gasteiger partial charge in [0.05, 0.1) is 23.5 Å². The summed E-state index contributed by atoms with van der Waals surface area (Å²) in [6.07, 6.45) is 1.86. The Labute approximate surface area is 90.2 Å². The monoisotopic (exact) mass is 259 g/mol. The van der Waals surface area contributed by atoms with Gasteiger partial charge in [0.25, 0.3) is 0 Å². The molecule has 0 aliphatic carbocycles. The second-order valence-corrected chi connectivity index (χ2v) is 5.22. The largest absolute Gasteiger partial charge is 0.379 e. The van der Waals surface area contributed by atoms with Crippen molar-refractivity contribution in [3.05, 3.63) is 22.3 Å².